The maximum absolute atomic E-state index is 10.3. The van der Waals surface area contributed by atoms with Crippen LogP contribution in [0.5, 0.6) is 11.5 Å². The molecule has 0 aliphatic rings. The lowest BCUT2D eigenvalue weighted by Crippen LogP contribution is -2.25. The Hall–Kier alpha value is -1.44. The van der Waals surface area contributed by atoms with E-state index in [1.165, 1.54) is 0 Å². The van der Waals surface area contributed by atoms with Gasteiger partial charge in [-0.15, -0.1) is 16.7 Å². The van der Waals surface area contributed by atoms with Crippen molar-refractivity contribution in [1.82, 2.24) is 15.0 Å². The smallest absolute Gasteiger partial charge is 0.133 e. The van der Waals surface area contributed by atoms with Gasteiger partial charge in [-0.3, -0.25) is 0 Å². The second-order valence-electron chi connectivity index (χ2n) is 8.55. The minimum absolute atomic E-state index is 0.0972. The molecule has 1 aromatic heterocycles. The molecule has 190 valence electrons. The van der Waals surface area contributed by atoms with Crippen LogP contribution in [0.15, 0.2) is 46.9 Å². The number of nitrogens with zero attached hydrogens (tertiary/aromatic N) is 3. The van der Waals surface area contributed by atoms with Gasteiger partial charge in [-0.05, 0) is 73.9 Å². The first-order valence-corrected chi connectivity index (χ1v) is 13.3. The molecule has 3 rings (SSSR count). The van der Waals surface area contributed by atoms with Crippen LogP contribution in [-0.2, 0) is 18.6 Å². The van der Waals surface area contributed by atoms with Gasteiger partial charge in [0.25, 0.3) is 0 Å². The first-order valence-electron chi connectivity index (χ1n) is 10.9. The molecule has 35 heavy (non-hydrogen) atoms. The van der Waals surface area contributed by atoms with Gasteiger partial charge in [0.2, 0.25) is 0 Å². The number of aromatic nitrogens is 3. The Kier molecular flexibility index (Phi) is 10.2. The molecule has 0 fully saturated rings. The summed E-state index contributed by atoms with van der Waals surface area (Å²) < 4.78 is 14.4. The van der Waals surface area contributed by atoms with Crippen LogP contribution >= 0.6 is 50.1 Å². The lowest BCUT2D eigenvalue weighted by atomic mass is 9.78. The second kappa shape index (κ2) is 12.7. The Morgan fingerprint density at radius 1 is 1.06 bits per heavy atom. The highest BCUT2D eigenvalue weighted by Crippen LogP contribution is 2.36. The van der Waals surface area contributed by atoms with Crippen LogP contribution < -0.4 is 9.47 Å². The van der Waals surface area contributed by atoms with E-state index in [1.807, 2.05) is 65.1 Å². The molecule has 2 aromatic carbocycles. The first kappa shape index (κ1) is 28.1. The molecule has 1 heterocycles. The summed E-state index contributed by atoms with van der Waals surface area (Å²) in [6, 6.07) is 13.7. The van der Waals surface area contributed by atoms with Gasteiger partial charge in [0.1, 0.15) is 46.3 Å². The van der Waals surface area contributed by atoms with Gasteiger partial charge in [0.05, 0.1) is 23.5 Å². The van der Waals surface area contributed by atoms with Crippen LogP contribution in [0.3, 0.4) is 0 Å². The van der Waals surface area contributed by atoms with Crippen molar-refractivity contribution in [3.05, 3.63) is 67.5 Å². The molecular weight excluding hydrogens is 653 g/mol. The highest BCUT2D eigenvalue weighted by Gasteiger charge is 2.24. The maximum Gasteiger partial charge on any atom is 0.133 e. The summed E-state index contributed by atoms with van der Waals surface area (Å²) in [5.74, 6) is 1.41. The highest BCUT2D eigenvalue weighted by molar-refractivity contribution is 14.1. The third kappa shape index (κ3) is 7.30. The van der Waals surface area contributed by atoms with Crippen molar-refractivity contribution in [2.45, 2.75) is 44.6 Å². The lowest BCUT2D eigenvalue weighted by molar-refractivity contribution is 0.0881. The van der Waals surface area contributed by atoms with E-state index in [4.69, 9.17) is 21.1 Å². The number of ether oxygens (including phenoxy) is 2. The molecule has 0 bridgehead atoms. The fourth-order valence-electron chi connectivity index (χ4n) is 3.37. The van der Waals surface area contributed by atoms with Crippen molar-refractivity contribution in [3.63, 3.8) is 0 Å². The molecule has 0 amide bonds. The summed E-state index contributed by atoms with van der Waals surface area (Å²) in [5.41, 5.74) is 2.38. The molecule has 11 heteroatoms. The van der Waals surface area contributed by atoms with Gasteiger partial charge < -0.3 is 24.8 Å². The molecule has 3 N–H and O–H groups in total. The molecule has 0 spiro atoms. The molecule has 8 nitrogen and oxygen atoms in total. The zero-order chi connectivity index (χ0) is 25.6. The van der Waals surface area contributed by atoms with Crippen molar-refractivity contribution in [1.29, 1.82) is 0 Å². The third-order valence-electron chi connectivity index (χ3n) is 5.55. The van der Waals surface area contributed by atoms with Crippen molar-refractivity contribution >= 4 is 50.1 Å². The summed E-state index contributed by atoms with van der Waals surface area (Å²) >= 11 is 11.2. The van der Waals surface area contributed by atoms with Crippen LogP contribution in [0, 0.1) is 3.70 Å². The fourth-order valence-corrected chi connectivity index (χ4v) is 4.52. The third-order valence-corrected chi connectivity index (χ3v) is 7.71. The molecule has 0 radical (unpaired) electrons. The number of aliphatic hydroxyl groups excluding tert-OH is 3. The van der Waals surface area contributed by atoms with Gasteiger partial charge in [0.15, 0.2) is 0 Å². The Morgan fingerprint density at radius 2 is 1.71 bits per heavy atom. The molecule has 0 aliphatic carbocycles. The minimum atomic E-state index is -0.781. The molecule has 0 saturated carbocycles. The summed E-state index contributed by atoms with van der Waals surface area (Å²) in [7, 11) is 0. The minimum Gasteiger partial charge on any atom is -0.491 e. The number of benzene rings is 2. The summed E-state index contributed by atoms with van der Waals surface area (Å²) in [6.45, 7) is 4.51. The summed E-state index contributed by atoms with van der Waals surface area (Å²) in [6.07, 6.45) is -1.50. The van der Waals surface area contributed by atoms with Gasteiger partial charge in [-0.2, -0.15) is 0 Å². The first-order chi connectivity index (χ1) is 16.6. The number of rotatable bonds is 12. The Morgan fingerprint density at radius 3 is 2.31 bits per heavy atom. The topological polar surface area (TPSA) is 110 Å². The van der Waals surface area contributed by atoms with Crippen LogP contribution in [0.2, 0.25) is 0 Å². The Balaban J connectivity index is 1.60. The van der Waals surface area contributed by atoms with Crippen LogP contribution in [-0.4, -0.2) is 61.6 Å². The second-order valence-corrected chi connectivity index (χ2v) is 10.7. The SMILES string of the molecule is CC(C)(c1ccc(OC[C@H](O)Cn2nnc(CO)c2I)cc1)c1ccc(OC[C@@H](O)CCl)c(Br)c1. The molecule has 0 aliphatic heterocycles. The van der Waals surface area contributed by atoms with E-state index in [2.05, 4.69) is 40.1 Å². The van der Waals surface area contributed by atoms with Crippen LogP contribution in [0.4, 0.5) is 0 Å². The number of hydrogen-bond donors (Lipinski definition) is 3. The van der Waals surface area contributed by atoms with E-state index in [-0.39, 0.29) is 37.7 Å². The zero-order valence-electron chi connectivity index (χ0n) is 19.4. The van der Waals surface area contributed by atoms with Crippen molar-refractivity contribution in [3.8, 4) is 11.5 Å². The average Bonchev–Trinajstić information content (AvgIpc) is 3.20. The van der Waals surface area contributed by atoms with Crippen molar-refractivity contribution in [2.75, 3.05) is 19.1 Å². The fraction of sp³-hybridized carbons (Fsp3) is 0.417. The molecule has 3 aromatic rings. The highest BCUT2D eigenvalue weighted by atomic mass is 127. The number of alkyl halides is 1. The number of hydrogen-bond acceptors (Lipinski definition) is 7. The Labute approximate surface area is 231 Å². The maximum atomic E-state index is 10.3. The summed E-state index contributed by atoms with van der Waals surface area (Å²) in [4.78, 5) is 0. The van der Waals surface area contributed by atoms with E-state index in [9.17, 15) is 15.3 Å². The monoisotopic (exact) mass is 679 g/mol. The Bertz CT molecular complexity index is 1110. The number of halogens is 3. The molecule has 2 atom stereocenters. The van der Waals surface area contributed by atoms with Gasteiger partial charge in [-0.25, -0.2) is 4.68 Å². The molecule has 0 saturated heterocycles. The number of aliphatic hydroxyl groups is 3. The van der Waals surface area contributed by atoms with Crippen LogP contribution in [0.25, 0.3) is 0 Å². The lowest BCUT2D eigenvalue weighted by Gasteiger charge is -2.27. The zero-order valence-corrected chi connectivity index (χ0v) is 23.9. The van der Waals surface area contributed by atoms with E-state index < -0.39 is 12.2 Å². The van der Waals surface area contributed by atoms with Crippen molar-refractivity contribution in [2.24, 2.45) is 0 Å². The largest absolute Gasteiger partial charge is 0.491 e. The predicted octanol–water partition coefficient (Wildman–Crippen LogP) is 3.88. The van der Waals surface area contributed by atoms with E-state index >= 15 is 0 Å². The van der Waals surface area contributed by atoms with Gasteiger partial charge >= 0.3 is 0 Å². The van der Waals surface area contributed by atoms with Gasteiger partial charge in [0, 0.05) is 5.41 Å². The quantitative estimate of drug-likeness (QED) is 0.197. The molecule has 0 unspecified atom stereocenters. The van der Waals surface area contributed by atoms with Crippen LogP contribution in [0.1, 0.15) is 30.7 Å². The van der Waals surface area contributed by atoms with Crippen molar-refractivity contribution < 1.29 is 24.8 Å². The van der Waals surface area contributed by atoms with E-state index in [0.717, 1.165) is 15.6 Å². The predicted molar refractivity (Wildman–Crippen MR) is 145 cm³/mol. The normalized spacial score (nSPS) is 13.5. The standard InChI is InChI=1S/C24H28BrClIN3O5/c1-24(2,16-5-8-22(20(25)9-16)35-13-17(32)10-26)15-3-6-19(7-4-15)34-14-18(33)11-30-23(27)21(12-31)28-29-30/h3-9,17-18,31-33H,10-14H2,1-2H3/t17-,18+/m0/s1. The van der Waals surface area contributed by atoms with Gasteiger partial charge in [-0.1, -0.05) is 37.3 Å². The van der Waals surface area contributed by atoms with E-state index in [0.29, 0.717) is 20.9 Å². The average molecular weight is 681 g/mol. The summed E-state index contributed by atoms with van der Waals surface area (Å²) in [5, 5.41) is 37.0. The molecular formula is C24H28BrClIN3O5. The van der Waals surface area contributed by atoms with E-state index in [1.54, 1.807) is 4.68 Å².